The number of hydrogen-bond acceptors (Lipinski definition) is 2. The van der Waals surface area contributed by atoms with Gasteiger partial charge >= 0.3 is 0 Å². The maximum Gasteiger partial charge on any atom is 0.153 e. The van der Waals surface area contributed by atoms with Gasteiger partial charge < -0.3 is 0 Å². The van der Waals surface area contributed by atoms with Crippen molar-refractivity contribution in [2.24, 2.45) is 0 Å². The Labute approximate surface area is 89.4 Å². The lowest BCUT2D eigenvalue weighted by molar-refractivity contribution is 0.112. The molecule has 0 aliphatic heterocycles. The van der Waals surface area contributed by atoms with Gasteiger partial charge in [-0.15, -0.1) is 0 Å². The van der Waals surface area contributed by atoms with Gasteiger partial charge in [-0.25, -0.2) is 0 Å². The highest BCUT2D eigenvalue weighted by Gasteiger charge is 2.13. The van der Waals surface area contributed by atoms with Crippen LogP contribution in [0, 0.1) is 0 Å². The van der Waals surface area contributed by atoms with Crippen molar-refractivity contribution in [2.45, 2.75) is 0 Å². The second kappa shape index (κ2) is 4.09. The van der Waals surface area contributed by atoms with E-state index in [-0.39, 0.29) is 26.2 Å². The van der Waals surface area contributed by atoms with Crippen molar-refractivity contribution in [3.05, 3.63) is 32.3 Å². The molecule has 2 nitrogen and oxygen atoms in total. The summed E-state index contributed by atoms with van der Waals surface area (Å²) in [4.78, 5) is 21.0. The van der Waals surface area contributed by atoms with E-state index in [1.807, 2.05) is 0 Å². The molecule has 5 heteroatoms. The van der Waals surface area contributed by atoms with Crippen molar-refractivity contribution in [3.63, 3.8) is 0 Å². The van der Waals surface area contributed by atoms with Crippen LogP contribution in [0.15, 0.2) is 6.07 Å². The zero-order valence-corrected chi connectivity index (χ0v) is 8.45. The first-order chi connectivity index (χ1) is 6.11. The zero-order chi connectivity index (χ0) is 10.0. The number of hydrogen-bond donors (Lipinski definition) is 0. The Hall–Kier alpha value is -0.570. The Kier molecular flexibility index (Phi) is 3.31. The molecule has 0 radical (unpaired) electrons. The van der Waals surface area contributed by atoms with Gasteiger partial charge in [0.2, 0.25) is 0 Å². The van der Waals surface area contributed by atoms with Gasteiger partial charge in [0.1, 0.15) is 0 Å². The summed E-state index contributed by atoms with van der Waals surface area (Å²) in [6.07, 6.45) is 0.960. The van der Waals surface area contributed by atoms with E-state index in [4.69, 9.17) is 34.8 Å². The summed E-state index contributed by atoms with van der Waals surface area (Å²) in [6, 6.07) is 1.31. The number of carbonyl (C=O) groups excluding carboxylic acids is 2. The minimum Gasteiger partial charge on any atom is -0.298 e. The Morgan fingerprint density at radius 1 is 0.923 bits per heavy atom. The van der Waals surface area contributed by atoms with Crippen LogP contribution in [0.2, 0.25) is 15.1 Å². The van der Waals surface area contributed by atoms with Crippen LogP contribution in [0.25, 0.3) is 0 Å². The molecule has 1 aromatic carbocycles. The molecule has 0 N–H and O–H groups in total. The van der Waals surface area contributed by atoms with Crippen molar-refractivity contribution in [3.8, 4) is 0 Å². The Morgan fingerprint density at radius 2 is 1.31 bits per heavy atom. The normalized spacial score (nSPS) is 9.77. The van der Waals surface area contributed by atoms with Crippen molar-refractivity contribution in [1.82, 2.24) is 0 Å². The fraction of sp³-hybridized carbons (Fsp3) is 0. The van der Waals surface area contributed by atoms with Crippen LogP contribution < -0.4 is 0 Å². The summed E-state index contributed by atoms with van der Waals surface area (Å²) >= 11 is 17.0. The topological polar surface area (TPSA) is 34.1 Å². The van der Waals surface area contributed by atoms with Crippen molar-refractivity contribution >= 4 is 47.4 Å². The standard InChI is InChI=1S/C8H3Cl3O2/c9-6-1-7(10)5(3-13)8(11)4(6)2-12/h1-3H. The lowest BCUT2D eigenvalue weighted by atomic mass is 10.1. The van der Waals surface area contributed by atoms with Crippen LogP contribution in [-0.4, -0.2) is 12.6 Å². The number of carbonyl (C=O) groups is 2. The third kappa shape index (κ3) is 1.85. The van der Waals surface area contributed by atoms with E-state index in [0.717, 1.165) is 0 Å². The van der Waals surface area contributed by atoms with Crippen molar-refractivity contribution < 1.29 is 9.59 Å². The molecule has 0 saturated heterocycles. The van der Waals surface area contributed by atoms with Gasteiger partial charge in [-0.3, -0.25) is 9.59 Å². The first-order valence-corrected chi connectivity index (χ1v) is 4.33. The molecule has 0 bridgehead atoms. The van der Waals surface area contributed by atoms with E-state index >= 15 is 0 Å². The van der Waals surface area contributed by atoms with E-state index in [2.05, 4.69) is 0 Å². The molecule has 0 fully saturated rings. The van der Waals surface area contributed by atoms with Gasteiger partial charge in [-0.05, 0) is 6.07 Å². The summed E-state index contributed by atoms with van der Waals surface area (Å²) in [5.41, 5.74) is 0.157. The predicted molar refractivity (Wildman–Crippen MR) is 52.2 cm³/mol. The van der Waals surface area contributed by atoms with Gasteiger partial charge in [0, 0.05) is 0 Å². The maximum absolute atomic E-state index is 10.5. The average Bonchev–Trinajstić information content (AvgIpc) is 2.04. The number of rotatable bonds is 2. The van der Waals surface area contributed by atoms with E-state index in [0.29, 0.717) is 12.6 Å². The number of aldehydes is 2. The molecule has 13 heavy (non-hydrogen) atoms. The molecule has 0 spiro atoms. The van der Waals surface area contributed by atoms with Gasteiger partial charge in [-0.1, -0.05) is 34.8 Å². The molecule has 0 saturated carbocycles. The van der Waals surface area contributed by atoms with Gasteiger partial charge in [0.25, 0.3) is 0 Å². The summed E-state index contributed by atoms with van der Waals surface area (Å²) in [5.74, 6) is 0. The molecule has 68 valence electrons. The highest BCUT2D eigenvalue weighted by molar-refractivity contribution is 6.43. The fourth-order valence-corrected chi connectivity index (χ4v) is 1.78. The molecule has 0 aromatic heterocycles. The largest absolute Gasteiger partial charge is 0.298 e. The third-order valence-corrected chi connectivity index (χ3v) is 2.51. The average molecular weight is 237 g/mol. The van der Waals surface area contributed by atoms with Gasteiger partial charge in [0.05, 0.1) is 26.2 Å². The summed E-state index contributed by atoms with van der Waals surface area (Å²) < 4.78 is 0. The van der Waals surface area contributed by atoms with Gasteiger partial charge in [-0.2, -0.15) is 0 Å². The molecule has 0 amide bonds. The first kappa shape index (κ1) is 10.5. The Bertz CT molecular complexity index is 342. The third-order valence-electron chi connectivity index (χ3n) is 1.48. The molecule has 0 aliphatic rings. The van der Waals surface area contributed by atoms with Crippen LogP contribution in [-0.2, 0) is 0 Å². The molecule has 0 atom stereocenters. The monoisotopic (exact) mass is 236 g/mol. The summed E-state index contributed by atoms with van der Waals surface area (Å²) in [5, 5.41) is 0.258. The molecule has 1 aromatic rings. The second-order valence-corrected chi connectivity index (χ2v) is 3.41. The van der Waals surface area contributed by atoms with E-state index in [9.17, 15) is 9.59 Å². The Morgan fingerprint density at radius 3 is 1.62 bits per heavy atom. The molecular formula is C8H3Cl3O2. The van der Waals surface area contributed by atoms with Crippen molar-refractivity contribution in [2.75, 3.05) is 0 Å². The van der Waals surface area contributed by atoms with Crippen LogP contribution >= 0.6 is 34.8 Å². The van der Waals surface area contributed by atoms with Crippen LogP contribution in [0.1, 0.15) is 20.7 Å². The van der Waals surface area contributed by atoms with Crippen LogP contribution in [0.5, 0.6) is 0 Å². The lowest BCUT2D eigenvalue weighted by Gasteiger charge is -2.04. The predicted octanol–water partition coefficient (Wildman–Crippen LogP) is 3.27. The molecule has 0 unspecified atom stereocenters. The number of halogens is 3. The van der Waals surface area contributed by atoms with E-state index in [1.165, 1.54) is 6.07 Å². The minimum absolute atomic E-state index is 0.0116. The zero-order valence-electron chi connectivity index (χ0n) is 6.18. The van der Waals surface area contributed by atoms with Crippen LogP contribution in [0.3, 0.4) is 0 Å². The summed E-state index contributed by atoms with van der Waals surface area (Å²) in [7, 11) is 0. The number of benzene rings is 1. The molecule has 0 heterocycles. The molecule has 0 aliphatic carbocycles. The minimum atomic E-state index is -0.0116. The fourth-order valence-electron chi connectivity index (χ4n) is 0.838. The Balaban J connectivity index is 3.56. The molecule has 1 rings (SSSR count). The van der Waals surface area contributed by atoms with Gasteiger partial charge in [0.15, 0.2) is 12.6 Å². The molecular weight excluding hydrogens is 234 g/mol. The second-order valence-electron chi connectivity index (χ2n) is 2.22. The van der Waals surface area contributed by atoms with E-state index < -0.39 is 0 Å². The SMILES string of the molecule is O=Cc1c(Cl)cc(Cl)c(C=O)c1Cl. The first-order valence-electron chi connectivity index (χ1n) is 3.19. The summed E-state index contributed by atoms with van der Waals surface area (Å²) in [6.45, 7) is 0. The smallest absolute Gasteiger partial charge is 0.153 e. The highest BCUT2D eigenvalue weighted by Crippen LogP contribution is 2.31. The highest BCUT2D eigenvalue weighted by atomic mass is 35.5. The van der Waals surface area contributed by atoms with Crippen LogP contribution in [0.4, 0.5) is 0 Å². The lowest BCUT2D eigenvalue weighted by Crippen LogP contribution is -1.92. The van der Waals surface area contributed by atoms with E-state index in [1.54, 1.807) is 0 Å². The quantitative estimate of drug-likeness (QED) is 0.740. The maximum atomic E-state index is 10.5. The van der Waals surface area contributed by atoms with Crippen molar-refractivity contribution in [1.29, 1.82) is 0 Å².